The highest BCUT2D eigenvalue weighted by atomic mass is 32.2. The van der Waals surface area contributed by atoms with Crippen LogP contribution < -0.4 is 0 Å². The summed E-state index contributed by atoms with van der Waals surface area (Å²) in [5.74, 6) is -0.312. The number of fused-ring (bicyclic) bond motifs is 3. The quantitative estimate of drug-likeness (QED) is 0.553. The lowest BCUT2D eigenvalue weighted by atomic mass is 10.1. The van der Waals surface area contributed by atoms with Crippen LogP contribution in [0, 0.1) is 0 Å². The van der Waals surface area contributed by atoms with Crippen LogP contribution >= 0.6 is 0 Å². The topological polar surface area (TPSA) is 54.4 Å². The molecule has 0 spiro atoms. The van der Waals surface area contributed by atoms with E-state index in [0.29, 0.717) is 5.56 Å². The zero-order valence-corrected chi connectivity index (χ0v) is 13.9. The van der Waals surface area contributed by atoms with Crippen LogP contribution in [0.15, 0.2) is 78.9 Å². The summed E-state index contributed by atoms with van der Waals surface area (Å²) < 4.78 is 29.2. The molecule has 0 radical (unpaired) electrons. The predicted octanol–water partition coefficient (Wildman–Crippen LogP) is 4.33. The Hall–Kier alpha value is -2.43. The smallest absolute Gasteiger partial charge is 0.269 e. The third-order valence-corrected chi connectivity index (χ3v) is 4.60. The Kier molecular flexibility index (Phi) is 4.79. The molecule has 0 heterocycles. The van der Waals surface area contributed by atoms with E-state index in [4.69, 9.17) is 4.55 Å². The molecule has 3 aromatic carbocycles. The van der Waals surface area contributed by atoms with Gasteiger partial charge >= 0.3 is 0 Å². The van der Waals surface area contributed by atoms with Crippen LogP contribution in [-0.4, -0.2) is 13.0 Å². The zero-order chi connectivity index (χ0) is 17.0. The average Bonchev–Trinajstić information content (AvgIpc) is 2.93. The van der Waals surface area contributed by atoms with E-state index < -0.39 is 10.1 Å². The highest BCUT2D eigenvalue weighted by Gasteiger charge is 2.15. The van der Waals surface area contributed by atoms with Gasteiger partial charge in [0.15, 0.2) is 0 Å². The Morgan fingerprint density at radius 1 is 0.708 bits per heavy atom. The first-order valence-corrected chi connectivity index (χ1v) is 9.29. The second-order valence-electron chi connectivity index (χ2n) is 5.70. The van der Waals surface area contributed by atoms with Gasteiger partial charge in [0.05, 0.1) is 0 Å². The van der Waals surface area contributed by atoms with Gasteiger partial charge in [-0.1, -0.05) is 78.9 Å². The third kappa shape index (κ3) is 4.10. The molecule has 4 heteroatoms. The van der Waals surface area contributed by atoms with Gasteiger partial charge < -0.3 is 0 Å². The van der Waals surface area contributed by atoms with Crippen LogP contribution in [-0.2, 0) is 22.3 Å². The summed E-state index contributed by atoms with van der Waals surface area (Å²) in [7, 11) is -3.88. The zero-order valence-electron chi connectivity index (χ0n) is 13.1. The lowest BCUT2D eigenvalue weighted by Gasteiger charge is -1.98. The van der Waals surface area contributed by atoms with Crippen LogP contribution in [0.1, 0.15) is 16.7 Å². The van der Waals surface area contributed by atoms with E-state index in [2.05, 4.69) is 48.5 Å². The van der Waals surface area contributed by atoms with Crippen molar-refractivity contribution in [2.45, 2.75) is 12.2 Å². The number of rotatable bonds is 2. The molecule has 4 rings (SSSR count). The highest BCUT2D eigenvalue weighted by molar-refractivity contribution is 7.85. The van der Waals surface area contributed by atoms with E-state index in [-0.39, 0.29) is 5.75 Å². The molecule has 1 aliphatic carbocycles. The molecule has 0 saturated heterocycles. The Morgan fingerprint density at radius 3 is 1.67 bits per heavy atom. The molecule has 1 aliphatic rings. The molecule has 122 valence electrons. The maximum absolute atomic E-state index is 10.4. The van der Waals surface area contributed by atoms with Crippen molar-refractivity contribution in [3.05, 3.63) is 95.6 Å². The first kappa shape index (κ1) is 16.4. The molecule has 0 saturated carbocycles. The van der Waals surface area contributed by atoms with E-state index in [1.807, 2.05) is 0 Å². The Balaban J connectivity index is 0.000000144. The molecule has 24 heavy (non-hydrogen) atoms. The van der Waals surface area contributed by atoms with Crippen LogP contribution in [0.5, 0.6) is 0 Å². The summed E-state index contributed by atoms with van der Waals surface area (Å²) >= 11 is 0. The SMILES string of the molecule is O=S(=O)(O)Cc1ccccc1.c1ccc2c(c1)Cc1ccccc1-2. The molecule has 3 aromatic rings. The number of benzene rings is 3. The van der Waals surface area contributed by atoms with Gasteiger partial charge in [-0.2, -0.15) is 8.42 Å². The van der Waals surface area contributed by atoms with Gasteiger partial charge in [-0.05, 0) is 34.2 Å². The fourth-order valence-corrected chi connectivity index (χ4v) is 3.48. The Labute approximate surface area is 142 Å². The fourth-order valence-electron chi connectivity index (χ4n) is 2.86. The molecule has 0 atom stereocenters. The highest BCUT2D eigenvalue weighted by Crippen LogP contribution is 2.35. The molecule has 0 bridgehead atoms. The van der Waals surface area contributed by atoms with E-state index in [1.54, 1.807) is 30.3 Å². The van der Waals surface area contributed by atoms with Crippen molar-refractivity contribution in [3.63, 3.8) is 0 Å². The standard InChI is InChI=1S/C13H10.C7H8O3S/c1-3-7-12-10(5-1)9-11-6-2-4-8-13(11)12;8-11(9,10)6-7-4-2-1-3-5-7/h1-8H,9H2;1-5H,6H2,(H,8,9,10). The monoisotopic (exact) mass is 338 g/mol. The van der Waals surface area contributed by atoms with Crippen molar-refractivity contribution in [3.8, 4) is 11.1 Å². The van der Waals surface area contributed by atoms with Gasteiger partial charge in [0.2, 0.25) is 0 Å². The Bertz CT molecular complexity index is 888. The van der Waals surface area contributed by atoms with Gasteiger partial charge in [-0.25, -0.2) is 0 Å². The van der Waals surface area contributed by atoms with Gasteiger partial charge in [0.25, 0.3) is 10.1 Å². The van der Waals surface area contributed by atoms with Crippen molar-refractivity contribution in [2.75, 3.05) is 0 Å². The largest absolute Gasteiger partial charge is 0.285 e. The predicted molar refractivity (Wildman–Crippen MR) is 96.4 cm³/mol. The summed E-state index contributed by atoms with van der Waals surface area (Å²) in [5, 5.41) is 0. The van der Waals surface area contributed by atoms with E-state index in [9.17, 15) is 8.42 Å². The maximum Gasteiger partial charge on any atom is 0.269 e. The summed E-state index contributed by atoms with van der Waals surface area (Å²) in [5.41, 5.74) is 6.35. The van der Waals surface area contributed by atoms with Crippen LogP contribution in [0.2, 0.25) is 0 Å². The van der Waals surface area contributed by atoms with Crippen molar-refractivity contribution >= 4 is 10.1 Å². The maximum atomic E-state index is 10.4. The Morgan fingerprint density at radius 2 is 1.17 bits per heavy atom. The van der Waals surface area contributed by atoms with Crippen molar-refractivity contribution in [1.29, 1.82) is 0 Å². The first-order chi connectivity index (χ1) is 11.5. The van der Waals surface area contributed by atoms with Crippen LogP contribution in [0.4, 0.5) is 0 Å². The molecular formula is C20H18O3S. The van der Waals surface area contributed by atoms with Crippen molar-refractivity contribution in [2.24, 2.45) is 0 Å². The summed E-state index contributed by atoms with van der Waals surface area (Å²) in [4.78, 5) is 0. The molecule has 0 aliphatic heterocycles. The minimum absolute atomic E-state index is 0.312. The minimum Gasteiger partial charge on any atom is -0.285 e. The number of hydrogen-bond donors (Lipinski definition) is 1. The van der Waals surface area contributed by atoms with Crippen molar-refractivity contribution < 1.29 is 13.0 Å². The molecule has 3 nitrogen and oxygen atoms in total. The van der Waals surface area contributed by atoms with Crippen LogP contribution in [0.3, 0.4) is 0 Å². The lowest BCUT2D eigenvalue weighted by molar-refractivity contribution is 0.482. The summed E-state index contributed by atoms with van der Waals surface area (Å²) in [6.07, 6.45) is 1.10. The average molecular weight is 338 g/mol. The van der Waals surface area contributed by atoms with E-state index in [1.165, 1.54) is 22.3 Å². The van der Waals surface area contributed by atoms with Crippen LogP contribution in [0.25, 0.3) is 11.1 Å². The van der Waals surface area contributed by atoms with E-state index >= 15 is 0 Å². The first-order valence-electron chi connectivity index (χ1n) is 7.68. The van der Waals surface area contributed by atoms with Gasteiger partial charge in [-0.15, -0.1) is 0 Å². The molecule has 1 N–H and O–H groups in total. The summed E-state index contributed by atoms with van der Waals surface area (Å²) in [6, 6.07) is 25.8. The van der Waals surface area contributed by atoms with Gasteiger partial charge in [0.1, 0.15) is 5.75 Å². The second-order valence-corrected chi connectivity index (χ2v) is 7.16. The summed E-state index contributed by atoms with van der Waals surface area (Å²) in [6.45, 7) is 0. The molecule has 0 aromatic heterocycles. The van der Waals surface area contributed by atoms with Crippen molar-refractivity contribution in [1.82, 2.24) is 0 Å². The number of hydrogen-bond acceptors (Lipinski definition) is 2. The van der Waals surface area contributed by atoms with Gasteiger partial charge in [-0.3, -0.25) is 4.55 Å². The normalized spacial score (nSPS) is 11.9. The second kappa shape index (κ2) is 6.99. The molecule has 0 amide bonds. The molecule has 0 unspecified atom stereocenters. The van der Waals surface area contributed by atoms with E-state index in [0.717, 1.165) is 6.42 Å². The molecule has 0 fully saturated rings. The molecular weight excluding hydrogens is 320 g/mol. The van der Waals surface area contributed by atoms with Gasteiger partial charge in [0, 0.05) is 0 Å². The third-order valence-electron chi connectivity index (χ3n) is 3.90. The lowest BCUT2D eigenvalue weighted by Crippen LogP contribution is -2.00. The minimum atomic E-state index is -3.88. The fraction of sp³-hybridized carbons (Fsp3) is 0.100.